The second-order valence-electron chi connectivity index (χ2n) is 5.21. The van der Waals surface area contributed by atoms with Crippen molar-refractivity contribution in [3.63, 3.8) is 0 Å². The molecule has 0 amide bonds. The zero-order valence-electron chi connectivity index (χ0n) is 13.6. The van der Waals surface area contributed by atoms with Crippen molar-refractivity contribution in [1.29, 1.82) is 0 Å². The molecule has 0 saturated carbocycles. The van der Waals surface area contributed by atoms with Gasteiger partial charge in [-0.3, -0.25) is 8.76 Å². The Balaban J connectivity index is 2.87. The van der Waals surface area contributed by atoms with Crippen molar-refractivity contribution < 1.29 is 46.6 Å². The van der Waals surface area contributed by atoms with Crippen LogP contribution < -0.4 is 0 Å². The molecule has 0 bridgehead atoms. The van der Waals surface area contributed by atoms with Gasteiger partial charge in [-0.05, 0) is 11.8 Å². The standard InChI is InChI=1S/C12H21NO10S3/c1-25(18)5-3-2-4-8(13-23-26(19,20)21)24-12-11(17)10(16)9(15)7(6-14)22-12/h3,5,7,9-12,14-17H,2,4,6H2,1H3,(H,19,20,21)/b5-3+,13-8-/t7-,9-,10+,11-,12?,25?/m1/s1. The molecular weight excluding hydrogens is 414 g/mol. The number of rotatable bonds is 8. The summed E-state index contributed by atoms with van der Waals surface area (Å²) in [4.78, 5) is 0. The average molecular weight is 435 g/mol. The summed E-state index contributed by atoms with van der Waals surface area (Å²) in [6.07, 6.45) is -2.50. The summed E-state index contributed by atoms with van der Waals surface area (Å²) in [6.45, 7) is -0.624. The second kappa shape index (κ2) is 10.7. The largest absolute Gasteiger partial charge is 0.466 e. The average Bonchev–Trinajstić information content (AvgIpc) is 2.55. The smallest absolute Gasteiger partial charge is 0.394 e. The molecule has 11 nitrogen and oxygen atoms in total. The zero-order valence-corrected chi connectivity index (χ0v) is 16.1. The molecule has 26 heavy (non-hydrogen) atoms. The van der Waals surface area contributed by atoms with Gasteiger partial charge in [-0.15, -0.1) is 0 Å². The lowest BCUT2D eigenvalue weighted by atomic mass is 10.0. The number of aliphatic hydroxyl groups is 4. The van der Waals surface area contributed by atoms with Crippen molar-refractivity contribution in [2.75, 3.05) is 12.9 Å². The highest BCUT2D eigenvalue weighted by molar-refractivity contribution is 8.14. The van der Waals surface area contributed by atoms with Crippen LogP contribution in [-0.2, 0) is 30.2 Å². The van der Waals surface area contributed by atoms with Crippen LogP contribution in [0.25, 0.3) is 0 Å². The third-order valence-corrected chi connectivity index (χ3v) is 5.16. The Kier molecular flexibility index (Phi) is 9.63. The third-order valence-electron chi connectivity index (χ3n) is 3.15. The van der Waals surface area contributed by atoms with Crippen molar-refractivity contribution in [1.82, 2.24) is 0 Å². The minimum atomic E-state index is -4.85. The van der Waals surface area contributed by atoms with E-state index in [0.717, 1.165) is 0 Å². The van der Waals surface area contributed by atoms with Gasteiger partial charge in [-0.1, -0.05) is 23.0 Å². The van der Waals surface area contributed by atoms with E-state index in [0.29, 0.717) is 11.8 Å². The van der Waals surface area contributed by atoms with Crippen LogP contribution >= 0.6 is 11.8 Å². The van der Waals surface area contributed by atoms with Gasteiger partial charge in [0.1, 0.15) is 34.9 Å². The molecule has 0 aromatic carbocycles. The van der Waals surface area contributed by atoms with Gasteiger partial charge in [0.25, 0.3) is 0 Å². The maximum Gasteiger partial charge on any atom is 0.466 e. The number of hydrogen-bond acceptors (Lipinski definition) is 11. The quantitative estimate of drug-likeness (QED) is 0.127. The molecule has 2 unspecified atom stereocenters. The molecule has 0 spiro atoms. The highest BCUT2D eigenvalue weighted by Crippen LogP contribution is 2.30. The number of nitrogens with zero attached hydrogens (tertiary/aromatic N) is 1. The van der Waals surface area contributed by atoms with E-state index in [-0.39, 0.29) is 17.9 Å². The first-order valence-electron chi connectivity index (χ1n) is 7.24. The molecule has 1 fully saturated rings. The molecule has 0 radical (unpaired) electrons. The molecule has 0 aromatic heterocycles. The van der Waals surface area contributed by atoms with Crippen molar-refractivity contribution in [3.8, 4) is 0 Å². The summed E-state index contributed by atoms with van der Waals surface area (Å²) >= 11 is 0.683. The molecule has 0 aliphatic carbocycles. The van der Waals surface area contributed by atoms with Gasteiger partial charge in [-0.2, -0.15) is 8.42 Å². The Morgan fingerprint density at radius 1 is 1.31 bits per heavy atom. The van der Waals surface area contributed by atoms with E-state index < -0.39 is 57.7 Å². The topological polar surface area (TPSA) is 183 Å². The monoisotopic (exact) mass is 435 g/mol. The fraction of sp³-hybridized carbons (Fsp3) is 0.750. The normalized spacial score (nSPS) is 31.9. The van der Waals surface area contributed by atoms with Crippen LogP contribution in [0.5, 0.6) is 0 Å². The van der Waals surface area contributed by atoms with Crippen LogP contribution in [0.4, 0.5) is 0 Å². The Labute approximate surface area is 157 Å². The molecule has 1 aliphatic heterocycles. The molecular formula is C12H21NO10S3. The lowest BCUT2D eigenvalue weighted by Gasteiger charge is -2.39. The van der Waals surface area contributed by atoms with E-state index in [2.05, 4.69) is 9.44 Å². The molecule has 14 heteroatoms. The first-order chi connectivity index (χ1) is 12.0. The molecule has 6 atom stereocenters. The van der Waals surface area contributed by atoms with Crippen molar-refractivity contribution in [3.05, 3.63) is 11.5 Å². The predicted molar refractivity (Wildman–Crippen MR) is 93.9 cm³/mol. The Morgan fingerprint density at radius 3 is 2.50 bits per heavy atom. The molecule has 0 aromatic rings. The number of hydrogen-bond donors (Lipinski definition) is 5. The van der Waals surface area contributed by atoms with Crippen LogP contribution in [0, 0.1) is 0 Å². The minimum Gasteiger partial charge on any atom is -0.394 e. The van der Waals surface area contributed by atoms with Crippen LogP contribution in [0.3, 0.4) is 0 Å². The molecule has 1 heterocycles. The highest BCUT2D eigenvalue weighted by Gasteiger charge is 2.44. The first kappa shape index (κ1) is 23.5. The van der Waals surface area contributed by atoms with Gasteiger partial charge in [-0.25, -0.2) is 4.28 Å². The van der Waals surface area contributed by atoms with E-state index in [1.54, 1.807) is 6.08 Å². The molecule has 152 valence electrons. The van der Waals surface area contributed by atoms with Crippen LogP contribution in [0.2, 0.25) is 0 Å². The predicted octanol–water partition coefficient (Wildman–Crippen LogP) is -1.68. The van der Waals surface area contributed by atoms with Crippen LogP contribution in [0.15, 0.2) is 16.6 Å². The number of oxime groups is 1. The third kappa shape index (κ3) is 7.98. The lowest BCUT2D eigenvalue weighted by Crippen LogP contribution is -2.57. The van der Waals surface area contributed by atoms with Crippen LogP contribution in [0.1, 0.15) is 12.8 Å². The summed E-state index contributed by atoms with van der Waals surface area (Å²) in [7, 11) is -6.03. The number of ether oxygens (including phenoxy) is 1. The molecule has 5 N–H and O–H groups in total. The van der Waals surface area contributed by atoms with Gasteiger partial charge < -0.3 is 25.2 Å². The van der Waals surface area contributed by atoms with Gasteiger partial charge in [0.15, 0.2) is 0 Å². The molecule has 1 rings (SSSR count). The van der Waals surface area contributed by atoms with Crippen molar-refractivity contribution >= 4 is 38.0 Å². The SMILES string of the molecule is CS(=O)/C=C/CC/C(=N/OS(=O)(=O)O)SC1O[C@H](CO)[C@@H](O)[C@H](O)[C@H]1O. The Morgan fingerprint density at radius 2 is 1.96 bits per heavy atom. The van der Waals surface area contributed by atoms with E-state index in [4.69, 9.17) is 14.4 Å². The van der Waals surface area contributed by atoms with Gasteiger partial charge in [0, 0.05) is 23.5 Å². The number of thioether (sulfide) groups is 1. The van der Waals surface area contributed by atoms with Gasteiger partial charge in [0.05, 0.1) is 6.61 Å². The molecule has 1 aliphatic rings. The molecule has 1 saturated heterocycles. The summed E-state index contributed by atoms with van der Waals surface area (Å²) in [5, 5.41) is 43.3. The maximum atomic E-state index is 11.0. The van der Waals surface area contributed by atoms with Crippen molar-refractivity contribution in [2.45, 2.75) is 42.7 Å². The van der Waals surface area contributed by atoms with Gasteiger partial charge in [0.2, 0.25) is 0 Å². The first-order valence-corrected chi connectivity index (χ1v) is 11.1. The summed E-state index contributed by atoms with van der Waals surface area (Å²) in [5.41, 5.74) is -1.20. The maximum absolute atomic E-state index is 11.0. The number of aliphatic hydroxyl groups excluding tert-OH is 4. The van der Waals surface area contributed by atoms with Crippen LogP contribution in [-0.4, -0.2) is 85.4 Å². The summed E-state index contributed by atoms with van der Waals surface area (Å²) in [5.74, 6) is 0. The Hall–Kier alpha value is -0.580. The fourth-order valence-electron chi connectivity index (χ4n) is 1.92. The zero-order chi connectivity index (χ0) is 19.9. The van der Waals surface area contributed by atoms with Crippen molar-refractivity contribution in [2.24, 2.45) is 5.16 Å². The lowest BCUT2D eigenvalue weighted by molar-refractivity contribution is -0.205. The summed E-state index contributed by atoms with van der Waals surface area (Å²) < 4.78 is 50.2. The fourth-order valence-corrected chi connectivity index (χ4v) is 3.65. The van der Waals surface area contributed by atoms with E-state index in [1.165, 1.54) is 11.7 Å². The van der Waals surface area contributed by atoms with E-state index >= 15 is 0 Å². The summed E-state index contributed by atoms with van der Waals surface area (Å²) in [6, 6.07) is 0. The Bertz CT molecular complexity index is 635. The minimum absolute atomic E-state index is 0.0292. The highest BCUT2D eigenvalue weighted by atomic mass is 32.3. The van der Waals surface area contributed by atoms with E-state index in [1.807, 2.05) is 0 Å². The number of allylic oxidation sites excluding steroid dienone is 1. The van der Waals surface area contributed by atoms with Gasteiger partial charge >= 0.3 is 10.4 Å². The second-order valence-corrected chi connectivity index (χ2v) is 8.66. The van der Waals surface area contributed by atoms with E-state index in [9.17, 15) is 27.9 Å².